The molecule has 0 bridgehead atoms. The first-order valence-electron chi connectivity index (χ1n) is 7.36. The minimum Gasteiger partial charge on any atom is -0.493 e. The first-order chi connectivity index (χ1) is 11.9. The summed E-state index contributed by atoms with van der Waals surface area (Å²) in [5.41, 5.74) is 0.484. The molecule has 0 radical (unpaired) electrons. The molecule has 0 saturated carbocycles. The molecule has 0 atom stereocenters. The quantitative estimate of drug-likeness (QED) is 0.794. The zero-order valence-electron chi connectivity index (χ0n) is 13.8. The van der Waals surface area contributed by atoms with Gasteiger partial charge in [0, 0.05) is 18.2 Å². The lowest BCUT2D eigenvalue weighted by Gasteiger charge is -2.11. The summed E-state index contributed by atoms with van der Waals surface area (Å²) in [6.45, 7) is 0. The van der Waals surface area contributed by atoms with Gasteiger partial charge in [-0.05, 0) is 24.3 Å². The third-order valence-corrected chi connectivity index (χ3v) is 5.65. The molecular formula is C17H18ClNO5S. The summed E-state index contributed by atoms with van der Waals surface area (Å²) in [7, 11) is -0.644. The van der Waals surface area contributed by atoms with Crippen LogP contribution < -0.4 is 14.8 Å². The van der Waals surface area contributed by atoms with E-state index in [1.54, 1.807) is 30.3 Å². The van der Waals surface area contributed by atoms with E-state index >= 15 is 0 Å². The van der Waals surface area contributed by atoms with E-state index in [1.165, 1.54) is 26.4 Å². The predicted octanol–water partition coefficient (Wildman–Crippen LogP) is 3.16. The van der Waals surface area contributed by atoms with Crippen molar-refractivity contribution in [1.29, 1.82) is 0 Å². The molecule has 0 heterocycles. The Bertz CT molecular complexity index is 867. The highest BCUT2D eigenvalue weighted by atomic mass is 35.5. The number of rotatable bonds is 7. The van der Waals surface area contributed by atoms with E-state index < -0.39 is 15.7 Å². The van der Waals surface area contributed by atoms with E-state index in [0.29, 0.717) is 17.2 Å². The first-order valence-corrected chi connectivity index (χ1v) is 9.39. The van der Waals surface area contributed by atoms with Crippen molar-refractivity contribution in [2.45, 2.75) is 11.3 Å². The molecule has 0 aromatic heterocycles. The SMILES string of the molecule is COc1ccc(NC(=O)CCS(=O)(=O)c2ccccc2Cl)cc1OC. The topological polar surface area (TPSA) is 81.7 Å². The lowest BCUT2D eigenvalue weighted by Crippen LogP contribution is -2.17. The third-order valence-electron chi connectivity index (χ3n) is 3.44. The molecule has 1 N–H and O–H groups in total. The highest BCUT2D eigenvalue weighted by Gasteiger charge is 2.19. The molecule has 25 heavy (non-hydrogen) atoms. The van der Waals surface area contributed by atoms with E-state index in [4.69, 9.17) is 21.1 Å². The van der Waals surface area contributed by atoms with E-state index in [1.807, 2.05) is 0 Å². The van der Waals surface area contributed by atoms with Gasteiger partial charge in [0.25, 0.3) is 0 Å². The molecule has 2 aromatic rings. The second kappa shape index (κ2) is 8.22. The Hall–Kier alpha value is -2.25. The molecule has 134 valence electrons. The molecule has 2 rings (SSSR count). The number of amides is 1. The molecule has 6 nitrogen and oxygen atoms in total. The Labute approximate surface area is 151 Å². The summed E-state index contributed by atoms with van der Waals surface area (Å²) in [6, 6.07) is 11.0. The second-order valence-corrected chi connectivity index (χ2v) is 7.60. The Kier molecular flexibility index (Phi) is 6.27. The van der Waals surface area contributed by atoms with Gasteiger partial charge in [-0.25, -0.2) is 8.42 Å². The molecule has 0 aliphatic heterocycles. The summed E-state index contributed by atoms with van der Waals surface area (Å²) < 4.78 is 34.9. The molecule has 1 amide bonds. The van der Waals surface area contributed by atoms with Gasteiger partial charge in [-0.3, -0.25) is 4.79 Å². The zero-order chi connectivity index (χ0) is 18.4. The fourth-order valence-corrected chi connectivity index (χ4v) is 3.98. The number of halogens is 1. The third kappa shape index (κ3) is 4.87. The summed E-state index contributed by atoms with van der Waals surface area (Å²) in [5.74, 6) is 0.226. The lowest BCUT2D eigenvalue weighted by molar-refractivity contribution is -0.115. The summed E-state index contributed by atoms with van der Waals surface area (Å²) >= 11 is 5.91. The largest absolute Gasteiger partial charge is 0.493 e. The van der Waals surface area contributed by atoms with E-state index in [2.05, 4.69) is 5.32 Å². The first kappa shape index (κ1) is 19.1. The minimum atomic E-state index is -3.64. The van der Waals surface area contributed by atoms with E-state index in [0.717, 1.165) is 0 Å². The van der Waals surface area contributed by atoms with Gasteiger partial charge in [0.1, 0.15) is 0 Å². The number of benzene rings is 2. The summed E-state index contributed by atoms with van der Waals surface area (Å²) in [4.78, 5) is 12.1. The van der Waals surface area contributed by atoms with Crippen LogP contribution in [0.2, 0.25) is 5.02 Å². The van der Waals surface area contributed by atoms with Crippen LogP contribution >= 0.6 is 11.6 Å². The van der Waals surface area contributed by atoms with Gasteiger partial charge in [0.05, 0.1) is 29.9 Å². The van der Waals surface area contributed by atoms with Gasteiger partial charge in [-0.2, -0.15) is 0 Å². The Balaban J connectivity index is 2.02. The van der Waals surface area contributed by atoms with Crippen LogP contribution in [0.15, 0.2) is 47.4 Å². The number of sulfone groups is 1. The lowest BCUT2D eigenvalue weighted by atomic mass is 10.2. The number of anilines is 1. The van der Waals surface area contributed by atoms with Crippen molar-refractivity contribution in [2.75, 3.05) is 25.3 Å². The zero-order valence-corrected chi connectivity index (χ0v) is 15.4. The number of nitrogens with one attached hydrogen (secondary N) is 1. The molecule has 8 heteroatoms. The Morgan fingerprint density at radius 1 is 1.08 bits per heavy atom. The predicted molar refractivity (Wildman–Crippen MR) is 96.3 cm³/mol. The number of hydrogen-bond donors (Lipinski definition) is 1. The van der Waals surface area contributed by atoms with Crippen molar-refractivity contribution >= 4 is 33.0 Å². The van der Waals surface area contributed by atoms with Crippen LogP contribution in [0, 0.1) is 0 Å². The fourth-order valence-electron chi connectivity index (χ4n) is 2.17. The maximum Gasteiger partial charge on any atom is 0.225 e. The number of carbonyl (C=O) groups excluding carboxylic acids is 1. The van der Waals surface area contributed by atoms with Crippen LogP contribution in [-0.2, 0) is 14.6 Å². The number of carbonyl (C=O) groups is 1. The monoisotopic (exact) mass is 383 g/mol. The molecule has 0 spiro atoms. The Morgan fingerprint density at radius 2 is 1.76 bits per heavy atom. The van der Waals surface area contributed by atoms with Gasteiger partial charge < -0.3 is 14.8 Å². The van der Waals surface area contributed by atoms with E-state index in [9.17, 15) is 13.2 Å². The normalized spacial score (nSPS) is 11.0. The van der Waals surface area contributed by atoms with Crippen molar-refractivity contribution in [2.24, 2.45) is 0 Å². The van der Waals surface area contributed by atoms with E-state index in [-0.39, 0.29) is 22.1 Å². The highest BCUT2D eigenvalue weighted by molar-refractivity contribution is 7.91. The molecule has 0 fully saturated rings. The van der Waals surface area contributed by atoms with Gasteiger partial charge in [-0.1, -0.05) is 23.7 Å². The van der Waals surface area contributed by atoms with Crippen LogP contribution in [0.25, 0.3) is 0 Å². The summed E-state index contributed by atoms with van der Waals surface area (Å²) in [5, 5.41) is 2.78. The molecule has 0 aliphatic rings. The van der Waals surface area contributed by atoms with Gasteiger partial charge >= 0.3 is 0 Å². The van der Waals surface area contributed by atoms with Crippen LogP contribution in [-0.4, -0.2) is 34.3 Å². The standard InChI is InChI=1S/C17H18ClNO5S/c1-23-14-8-7-12(11-15(14)24-2)19-17(20)9-10-25(21,22)16-6-4-3-5-13(16)18/h3-8,11H,9-10H2,1-2H3,(H,19,20). The molecule has 0 saturated heterocycles. The number of hydrogen-bond acceptors (Lipinski definition) is 5. The smallest absolute Gasteiger partial charge is 0.225 e. The van der Waals surface area contributed by atoms with Crippen molar-refractivity contribution < 1.29 is 22.7 Å². The van der Waals surface area contributed by atoms with Crippen LogP contribution in [0.5, 0.6) is 11.5 Å². The maximum absolute atomic E-state index is 12.3. The molecule has 0 unspecified atom stereocenters. The van der Waals surface area contributed by atoms with Crippen LogP contribution in [0.3, 0.4) is 0 Å². The molecule has 0 aliphatic carbocycles. The second-order valence-electron chi connectivity index (χ2n) is 5.12. The summed E-state index contributed by atoms with van der Waals surface area (Å²) in [6.07, 6.45) is -0.193. The minimum absolute atomic E-state index is 0.0237. The number of ether oxygens (including phenoxy) is 2. The van der Waals surface area contributed by atoms with Gasteiger partial charge in [-0.15, -0.1) is 0 Å². The van der Waals surface area contributed by atoms with Crippen molar-refractivity contribution in [3.63, 3.8) is 0 Å². The molecular weight excluding hydrogens is 366 g/mol. The maximum atomic E-state index is 12.3. The highest BCUT2D eigenvalue weighted by Crippen LogP contribution is 2.29. The Morgan fingerprint density at radius 3 is 2.40 bits per heavy atom. The van der Waals surface area contributed by atoms with Crippen LogP contribution in [0.1, 0.15) is 6.42 Å². The van der Waals surface area contributed by atoms with Gasteiger partial charge in [0.15, 0.2) is 21.3 Å². The van der Waals surface area contributed by atoms with Crippen LogP contribution in [0.4, 0.5) is 5.69 Å². The average Bonchev–Trinajstić information content (AvgIpc) is 2.60. The molecule has 2 aromatic carbocycles. The number of methoxy groups -OCH3 is 2. The fraction of sp³-hybridized carbons (Fsp3) is 0.235. The van der Waals surface area contributed by atoms with Crippen molar-refractivity contribution in [1.82, 2.24) is 0 Å². The average molecular weight is 384 g/mol. The van der Waals surface area contributed by atoms with Gasteiger partial charge in [0.2, 0.25) is 5.91 Å². The van der Waals surface area contributed by atoms with Crippen molar-refractivity contribution in [3.8, 4) is 11.5 Å². The van der Waals surface area contributed by atoms with Crippen molar-refractivity contribution in [3.05, 3.63) is 47.5 Å².